The van der Waals surface area contributed by atoms with E-state index in [4.69, 9.17) is 8.94 Å². The van der Waals surface area contributed by atoms with Crippen molar-refractivity contribution in [2.75, 3.05) is 0 Å². The molecule has 0 aliphatic rings. The second-order valence-corrected chi connectivity index (χ2v) is 8.09. The highest BCUT2D eigenvalue weighted by Crippen LogP contribution is 2.31. The van der Waals surface area contributed by atoms with E-state index in [1.54, 1.807) is 6.07 Å². The van der Waals surface area contributed by atoms with Crippen LogP contribution in [-0.2, 0) is 0 Å². The Morgan fingerprint density at radius 2 is 1.81 bits per heavy atom. The summed E-state index contributed by atoms with van der Waals surface area (Å²) in [5.41, 5.74) is 3.95. The Hall–Kier alpha value is -3.93. The number of aromatic nitrogens is 2. The number of amides is 1. The maximum Gasteiger partial charge on any atom is 0.259 e. The molecule has 6 nitrogen and oxygen atoms in total. The van der Waals surface area contributed by atoms with E-state index in [9.17, 15) is 4.79 Å². The molecule has 0 saturated heterocycles. The van der Waals surface area contributed by atoms with Crippen molar-refractivity contribution in [3.8, 4) is 11.3 Å². The standard InChI is InChI=1S/C26H23N3O3/c1-14-12-21(17(4)31-14)23-13-22(24-16(3)29-32-26(24)28-23)25(30)27-15(2)19-11-7-9-18-8-5-6-10-20(18)19/h5-13,15H,1-4H3,(H,27,30). The van der Waals surface area contributed by atoms with Gasteiger partial charge < -0.3 is 14.3 Å². The highest BCUT2D eigenvalue weighted by atomic mass is 16.5. The molecule has 3 heterocycles. The van der Waals surface area contributed by atoms with Crippen LogP contribution in [0.4, 0.5) is 0 Å². The van der Waals surface area contributed by atoms with Gasteiger partial charge in [-0.05, 0) is 56.2 Å². The molecule has 0 saturated carbocycles. The maximum atomic E-state index is 13.5. The van der Waals surface area contributed by atoms with Crippen molar-refractivity contribution in [3.05, 3.63) is 82.9 Å². The summed E-state index contributed by atoms with van der Waals surface area (Å²) in [6, 6.07) is 17.8. The Morgan fingerprint density at radius 3 is 2.59 bits per heavy atom. The number of carbonyl (C=O) groups is 1. The lowest BCUT2D eigenvalue weighted by Gasteiger charge is -2.17. The molecule has 1 atom stereocenters. The van der Waals surface area contributed by atoms with Crippen molar-refractivity contribution in [1.29, 1.82) is 0 Å². The molecule has 0 aliphatic carbocycles. The molecule has 0 bridgehead atoms. The molecule has 0 spiro atoms. The lowest BCUT2D eigenvalue weighted by molar-refractivity contribution is 0.0941. The molecular weight excluding hydrogens is 402 g/mol. The number of hydrogen-bond acceptors (Lipinski definition) is 5. The Balaban J connectivity index is 1.57. The second kappa shape index (κ2) is 7.64. The van der Waals surface area contributed by atoms with Crippen LogP contribution in [0, 0.1) is 20.8 Å². The van der Waals surface area contributed by atoms with Gasteiger partial charge in [-0.25, -0.2) is 4.98 Å². The molecular formula is C26H23N3O3. The van der Waals surface area contributed by atoms with Gasteiger partial charge >= 0.3 is 0 Å². The van der Waals surface area contributed by atoms with Crippen molar-refractivity contribution in [2.45, 2.75) is 33.7 Å². The van der Waals surface area contributed by atoms with Gasteiger partial charge in [-0.1, -0.05) is 47.6 Å². The van der Waals surface area contributed by atoms with Gasteiger partial charge in [0.05, 0.1) is 28.4 Å². The predicted molar refractivity (Wildman–Crippen MR) is 124 cm³/mol. The Bertz CT molecular complexity index is 1470. The van der Waals surface area contributed by atoms with Crippen molar-refractivity contribution in [1.82, 2.24) is 15.5 Å². The molecule has 5 aromatic rings. The summed E-state index contributed by atoms with van der Waals surface area (Å²) in [7, 11) is 0. The van der Waals surface area contributed by atoms with Crippen molar-refractivity contribution >= 4 is 27.8 Å². The first-order valence-electron chi connectivity index (χ1n) is 10.6. The Kier molecular flexibility index (Phi) is 4.78. The number of fused-ring (bicyclic) bond motifs is 2. The maximum absolute atomic E-state index is 13.5. The van der Waals surface area contributed by atoms with Crippen molar-refractivity contribution in [3.63, 3.8) is 0 Å². The predicted octanol–water partition coefficient (Wildman–Crippen LogP) is 6.05. The number of aryl methyl sites for hydroxylation is 3. The number of rotatable bonds is 4. The topological polar surface area (TPSA) is 81.2 Å². The van der Waals surface area contributed by atoms with Gasteiger partial charge in [0, 0.05) is 5.56 Å². The van der Waals surface area contributed by atoms with Gasteiger partial charge in [0.2, 0.25) is 0 Å². The van der Waals surface area contributed by atoms with Crippen LogP contribution < -0.4 is 5.32 Å². The molecule has 0 aliphatic heterocycles. The molecule has 1 unspecified atom stereocenters. The highest BCUT2D eigenvalue weighted by Gasteiger charge is 2.22. The minimum absolute atomic E-state index is 0.196. The number of nitrogens with one attached hydrogen (secondary N) is 1. The van der Waals surface area contributed by atoms with Crippen molar-refractivity contribution in [2.24, 2.45) is 0 Å². The minimum Gasteiger partial charge on any atom is -0.466 e. The number of pyridine rings is 1. The average molecular weight is 425 g/mol. The third-order valence-electron chi connectivity index (χ3n) is 5.82. The summed E-state index contributed by atoms with van der Waals surface area (Å²) in [5, 5.41) is 10.1. The van der Waals surface area contributed by atoms with E-state index in [-0.39, 0.29) is 11.9 Å². The number of hydrogen-bond donors (Lipinski definition) is 1. The largest absolute Gasteiger partial charge is 0.466 e. The van der Waals surface area contributed by atoms with Crippen LogP contribution >= 0.6 is 0 Å². The van der Waals surface area contributed by atoms with Crippen LogP contribution in [0.3, 0.4) is 0 Å². The molecule has 6 heteroatoms. The summed E-state index contributed by atoms with van der Waals surface area (Å²) < 4.78 is 11.1. The monoisotopic (exact) mass is 425 g/mol. The van der Waals surface area contributed by atoms with Crippen LogP contribution in [0.2, 0.25) is 0 Å². The van der Waals surface area contributed by atoms with E-state index in [0.717, 1.165) is 33.4 Å². The number of furan rings is 1. The second-order valence-electron chi connectivity index (χ2n) is 8.09. The normalized spacial score (nSPS) is 12.4. The zero-order valence-electron chi connectivity index (χ0n) is 18.4. The molecule has 2 aromatic carbocycles. The third-order valence-corrected chi connectivity index (χ3v) is 5.82. The van der Waals surface area contributed by atoms with Crippen LogP contribution in [0.25, 0.3) is 33.1 Å². The minimum atomic E-state index is -0.205. The first kappa shape index (κ1) is 20.0. The fourth-order valence-corrected chi connectivity index (χ4v) is 4.28. The summed E-state index contributed by atoms with van der Waals surface area (Å²) in [4.78, 5) is 18.1. The zero-order valence-corrected chi connectivity index (χ0v) is 18.4. The Labute approximate surface area is 185 Å². The zero-order chi connectivity index (χ0) is 22.4. The number of nitrogens with zero attached hydrogens (tertiary/aromatic N) is 2. The molecule has 0 radical (unpaired) electrons. The number of carbonyl (C=O) groups excluding carboxylic acids is 1. The fourth-order valence-electron chi connectivity index (χ4n) is 4.28. The van der Waals surface area contributed by atoms with Gasteiger partial charge in [0.15, 0.2) is 0 Å². The summed E-state index contributed by atoms with van der Waals surface area (Å²) in [6.07, 6.45) is 0. The number of benzene rings is 2. The van der Waals surface area contributed by atoms with E-state index in [0.29, 0.717) is 28.1 Å². The Morgan fingerprint density at radius 1 is 1.03 bits per heavy atom. The van der Waals surface area contributed by atoms with Crippen molar-refractivity contribution < 1.29 is 13.7 Å². The van der Waals surface area contributed by atoms with Gasteiger partial charge in [0.25, 0.3) is 11.6 Å². The SMILES string of the molecule is Cc1cc(-c2cc(C(=O)NC(C)c3cccc4ccccc34)c3c(C)noc3n2)c(C)o1. The quantitative estimate of drug-likeness (QED) is 0.379. The van der Waals surface area contributed by atoms with E-state index in [1.165, 1.54) is 0 Å². The highest BCUT2D eigenvalue weighted by molar-refractivity contribution is 6.07. The van der Waals surface area contributed by atoms with Gasteiger partial charge in [0.1, 0.15) is 11.5 Å². The van der Waals surface area contributed by atoms with E-state index < -0.39 is 0 Å². The van der Waals surface area contributed by atoms with Crippen LogP contribution in [0.1, 0.15) is 46.1 Å². The third kappa shape index (κ3) is 3.34. The van der Waals surface area contributed by atoms with E-state index in [2.05, 4.69) is 33.7 Å². The average Bonchev–Trinajstić information content (AvgIpc) is 3.33. The smallest absolute Gasteiger partial charge is 0.259 e. The summed E-state index contributed by atoms with van der Waals surface area (Å²) in [5.74, 6) is 1.31. The first-order chi connectivity index (χ1) is 15.4. The first-order valence-corrected chi connectivity index (χ1v) is 10.6. The van der Waals surface area contributed by atoms with Gasteiger partial charge in [-0.15, -0.1) is 0 Å². The molecule has 1 amide bonds. The van der Waals surface area contributed by atoms with E-state index in [1.807, 2.05) is 58.0 Å². The lowest BCUT2D eigenvalue weighted by Crippen LogP contribution is -2.27. The van der Waals surface area contributed by atoms with Gasteiger partial charge in [-0.3, -0.25) is 4.79 Å². The van der Waals surface area contributed by atoms with Crippen LogP contribution in [0.15, 0.2) is 63.5 Å². The lowest BCUT2D eigenvalue weighted by atomic mass is 9.99. The molecule has 32 heavy (non-hydrogen) atoms. The fraction of sp³-hybridized carbons (Fsp3) is 0.192. The molecule has 160 valence electrons. The van der Waals surface area contributed by atoms with Crippen LogP contribution in [-0.4, -0.2) is 16.0 Å². The summed E-state index contributed by atoms with van der Waals surface area (Å²) in [6.45, 7) is 7.56. The van der Waals surface area contributed by atoms with E-state index >= 15 is 0 Å². The molecule has 5 rings (SSSR count). The molecule has 3 aromatic heterocycles. The molecule has 0 fully saturated rings. The molecule has 1 N–H and O–H groups in total. The van der Waals surface area contributed by atoms with Gasteiger partial charge in [-0.2, -0.15) is 0 Å². The van der Waals surface area contributed by atoms with Crippen LogP contribution in [0.5, 0.6) is 0 Å². The summed E-state index contributed by atoms with van der Waals surface area (Å²) >= 11 is 0.